The molecule has 0 saturated carbocycles. The molecule has 2 heterocycles. The molecule has 1 saturated heterocycles. The number of pyridine rings is 1. The molecule has 0 bridgehead atoms. The third-order valence-corrected chi connectivity index (χ3v) is 6.00. The second kappa shape index (κ2) is 6.98. The largest absolute Gasteiger partial charge is 0.330 e. The fourth-order valence-electron chi connectivity index (χ4n) is 2.85. The average Bonchev–Trinajstić information content (AvgIpc) is 3.03. The minimum Gasteiger partial charge on any atom is -0.330 e. The van der Waals surface area contributed by atoms with Crippen LogP contribution < -0.4 is 5.73 Å². The lowest BCUT2D eigenvalue weighted by Gasteiger charge is -2.17. The van der Waals surface area contributed by atoms with Crippen molar-refractivity contribution in [1.29, 1.82) is 0 Å². The zero-order chi connectivity index (χ0) is 16.6. The number of nitro groups is 1. The molecule has 8 nitrogen and oxygen atoms in total. The predicted octanol–water partition coefficient (Wildman–Crippen LogP) is 1.53. The van der Waals surface area contributed by atoms with E-state index in [9.17, 15) is 18.5 Å². The summed E-state index contributed by atoms with van der Waals surface area (Å²) in [5, 5.41) is 11.3. The van der Waals surface area contributed by atoms with E-state index in [-0.39, 0.29) is 39.8 Å². The Morgan fingerprint density at radius 2 is 2.12 bits per heavy atom. The van der Waals surface area contributed by atoms with Crippen molar-refractivity contribution in [2.75, 3.05) is 19.6 Å². The predicted molar refractivity (Wildman–Crippen MR) is 91.6 cm³/mol. The molecule has 0 spiro atoms. The summed E-state index contributed by atoms with van der Waals surface area (Å²) in [5.41, 5.74) is 5.58. The van der Waals surface area contributed by atoms with E-state index < -0.39 is 14.9 Å². The van der Waals surface area contributed by atoms with Crippen LogP contribution in [0.25, 0.3) is 10.9 Å². The van der Waals surface area contributed by atoms with Crippen LogP contribution in [0.2, 0.25) is 0 Å². The second-order valence-electron chi connectivity index (χ2n) is 5.49. The smallest absolute Gasteiger partial charge is 0.278 e. The number of nitrogens with zero attached hydrogens (tertiary/aromatic N) is 3. The first-order valence-electron chi connectivity index (χ1n) is 7.17. The number of nitrogens with two attached hydrogens (primary N) is 1. The summed E-state index contributed by atoms with van der Waals surface area (Å²) in [6.45, 7) is 1.20. The quantitative estimate of drug-likeness (QED) is 0.642. The Labute approximate surface area is 145 Å². The molecule has 24 heavy (non-hydrogen) atoms. The molecule has 1 fully saturated rings. The minimum atomic E-state index is -3.76. The first kappa shape index (κ1) is 18.5. The van der Waals surface area contributed by atoms with Crippen LogP contribution >= 0.6 is 12.4 Å². The van der Waals surface area contributed by atoms with Gasteiger partial charge in [-0.1, -0.05) is 0 Å². The van der Waals surface area contributed by atoms with E-state index in [0.29, 0.717) is 26.1 Å². The molecule has 1 aromatic heterocycles. The third-order valence-electron chi connectivity index (χ3n) is 4.11. The molecular formula is C14H17ClN4O4S. The highest BCUT2D eigenvalue weighted by Gasteiger charge is 2.34. The maximum atomic E-state index is 12.9. The molecule has 2 aromatic rings. The summed E-state index contributed by atoms with van der Waals surface area (Å²) in [6.07, 6.45) is 2.14. The number of sulfonamides is 1. The Kier molecular flexibility index (Phi) is 5.38. The number of hydrogen-bond acceptors (Lipinski definition) is 6. The van der Waals surface area contributed by atoms with E-state index in [4.69, 9.17) is 5.73 Å². The molecule has 1 aliphatic rings. The SMILES string of the molecule is Cl.NCC1CCN(S(=O)(=O)c2ccc([N+](=O)[O-])c3cccnc23)C1. The molecule has 0 aliphatic carbocycles. The number of aromatic nitrogens is 1. The fourth-order valence-corrected chi connectivity index (χ4v) is 4.52. The van der Waals surface area contributed by atoms with Crippen molar-refractivity contribution in [3.63, 3.8) is 0 Å². The first-order chi connectivity index (χ1) is 10.9. The van der Waals surface area contributed by atoms with E-state index >= 15 is 0 Å². The maximum Gasteiger partial charge on any atom is 0.278 e. The number of rotatable bonds is 4. The Hall–Kier alpha value is -1.81. The zero-order valence-electron chi connectivity index (χ0n) is 12.7. The molecule has 130 valence electrons. The Balaban J connectivity index is 0.00000208. The van der Waals surface area contributed by atoms with Gasteiger partial charge in [0.25, 0.3) is 5.69 Å². The van der Waals surface area contributed by atoms with Gasteiger partial charge in [0.1, 0.15) is 4.90 Å². The van der Waals surface area contributed by atoms with Gasteiger partial charge >= 0.3 is 0 Å². The topological polar surface area (TPSA) is 119 Å². The average molecular weight is 373 g/mol. The number of benzene rings is 1. The van der Waals surface area contributed by atoms with E-state index in [1.165, 1.54) is 28.7 Å². The Morgan fingerprint density at radius 3 is 2.75 bits per heavy atom. The van der Waals surface area contributed by atoms with Crippen molar-refractivity contribution in [3.8, 4) is 0 Å². The van der Waals surface area contributed by atoms with Crippen LogP contribution in [0.15, 0.2) is 35.4 Å². The molecule has 1 aliphatic heterocycles. The lowest BCUT2D eigenvalue weighted by molar-refractivity contribution is -0.383. The van der Waals surface area contributed by atoms with Crippen molar-refractivity contribution in [3.05, 3.63) is 40.6 Å². The van der Waals surface area contributed by atoms with Crippen LogP contribution in [0.3, 0.4) is 0 Å². The third kappa shape index (κ3) is 3.07. The highest BCUT2D eigenvalue weighted by Crippen LogP contribution is 2.32. The van der Waals surface area contributed by atoms with Crippen LogP contribution in [-0.4, -0.2) is 42.3 Å². The van der Waals surface area contributed by atoms with Crippen molar-refractivity contribution < 1.29 is 13.3 Å². The lowest BCUT2D eigenvalue weighted by atomic mass is 10.1. The first-order valence-corrected chi connectivity index (χ1v) is 8.61. The Morgan fingerprint density at radius 1 is 1.38 bits per heavy atom. The molecule has 3 rings (SSSR count). The molecule has 1 unspecified atom stereocenters. The second-order valence-corrected chi connectivity index (χ2v) is 7.40. The van der Waals surface area contributed by atoms with Crippen LogP contribution in [0, 0.1) is 16.0 Å². The van der Waals surface area contributed by atoms with Crippen molar-refractivity contribution in [1.82, 2.24) is 9.29 Å². The summed E-state index contributed by atoms with van der Waals surface area (Å²) < 4.78 is 27.1. The fraction of sp³-hybridized carbons (Fsp3) is 0.357. The van der Waals surface area contributed by atoms with Crippen molar-refractivity contribution in [2.45, 2.75) is 11.3 Å². The monoisotopic (exact) mass is 372 g/mol. The van der Waals surface area contributed by atoms with Gasteiger partial charge in [0.15, 0.2) is 0 Å². The standard InChI is InChI=1S/C14H16N4O4S.ClH/c15-8-10-5-7-17(9-10)23(21,22)13-4-3-12(18(19)20)11-2-1-6-16-14(11)13;/h1-4,6,10H,5,7-9,15H2;1H. The summed E-state index contributed by atoms with van der Waals surface area (Å²) in [6, 6.07) is 5.53. The van der Waals surface area contributed by atoms with Gasteiger partial charge in [-0.3, -0.25) is 15.1 Å². The summed E-state index contributed by atoms with van der Waals surface area (Å²) in [7, 11) is -3.76. The lowest BCUT2D eigenvalue weighted by Crippen LogP contribution is -2.30. The number of fused-ring (bicyclic) bond motifs is 1. The summed E-state index contributed by atoms with van der Waals surface area (Å²) in [5.74, 6) is 0.141. The van der Waals surface area contributed by atoms with E-state index in [2.05, 4.69) is 4.98 Å². The van der Waals surface area contributed by atoms with Gasteiger partial charge in [-0.05, 0) is 37.1 Å². The van der Waals surface area contributed by atoms with Crippen LogP contribution in [-0.2, 0) is 10.0 Å². The molecular weight excluding hydrogens is 356 g/mol. The zero-order valence-corrected chi connectivity index (χ0v) is 14.3. The highest BCUT2D eigenvalue weighted by atomic mass is 35.5. The van der Waals surface area contributed by atoms with E-state index in [1.54, 1.807) is 6.07 Å². The maximum absolute atomic E-state index is 12.9. The normalized spacial score (nSPS) is 18.5. The molecule has 10 heteroatoms. The van der Waals surface area contributed by atoms with Gasteiger partial charge in [-0.2, -0.15) is 4.31 Å². The number of nitro benzene ring substituents is 1. The van der Waals surface area contributed by atoms with Crippen molar-refractivity contribution in [2.24, 2.45) is 11.7 Å². The van der Waals surface area contributed by atoms with E-state index in [1.807, 2.05) is 0 Å². The number of halogens is 1. The summed E-state index contributed by atoms with van der Waals surface area (Å²) >= 11 is 0. The molecule has 0 amide bonds. The van der Waals surface area contributed by atoms with E-state index in [0.717, 1.165) is 0 Å². The van der Waals surface area contributed by atoms with Gasteiger partial charge in [0.05, 0.1) is 15.8 Å². The number of non-ortho nitro benzene ring substituents is 1. The van der Waals surface area contributed by atoms with Crippen LogP contribution in [0.1, 0.15) is 6.42 Å². The Bertz CT molecular complexity index is 874. The molecule has 0 radical (unpaired) electrons. The van der Waals surface area contributed by atoms with Crippen LogP contribution in [0.4, 0.5) is 5.69 Å². The number of hydrogen-bond donors (Lipinski definition) is 1. The van der Waals surface area contributed by atoms with Gasteiger partial charge in [0, 0.05) is 25.4 Å². The van der Waals surface area contributed by atoms with Gasteiger partial charge in [-0.15, -0.1) is 12.4 Å². The highest BCUT2D eigenvalue weighted by molar-refractivity contribution is 7.89. The minimum absolute atomic E-state index is 0. The van der Waals surface area contributed by atoms with Gasteiger partial charge in [0.2, 0.25) is 10.0 Å². The van der Waals surface area contributed by atoms with Gasteiger partial charge < -0.3 is 5.73 Å². The molecule has 1 aromatic carbocycles. The summed E-state index contributed by atoms with van der Waals surface area (Å²) in [4.78, 5) is 14.6. The van der Waals surface area contributed by atoms with Crippen LogP contribution in [0.5, 0.6) is 0 Å². The molecule has 1 atom stereocenters. The van der Waals surface area contributed by atoms with Gasteiger partial charge in [-0.25, -0.2) is 8.42 Å². The molecule has 2 N–H and O–H groups in total. The van der Waals surface area contributed by atoms with Crippen molar-refractivity contribution >= 4 is 39.0 Å².